The summed E-state index contributed by atoms with van der Waals surface area (Å²) in [7, 11) is 0. The normalized spacial score (nSPS) is 0. The monoisotopic (exact) mass is 286 g/mol. The van der Waals surface area contributed by atoms with Crippen molar-refractivity contribution >= 4 is 178 Å². The van der Waals surface area contributed by atoms with Gasteiger partial charge in [-0.3, -0.25) is 0 Å². The van der Waals surface area contributed by atoms with Gasteiger partial charge in [-0.15, -0.1) is 12.4 Å². The van der Waals surface area contributed by atoms with Crippen LogP contribution >= 0.6 is 35.8 Å². The van der Waals surface area contributed by atoms with Gasteiger partial charge in [-0.25, -0.2) is 0 Å². The third kappa shape index (κ3) is 39.7. The van der Waals surface area contributed by atoms with E-state index < -0.39 is 0 Å². The SMILES string of the molecule is Cl.P.S.[Ca].[Fe].[K].[Mg].[Na]. The number of rotatable bonds is 0. The first-order valence-corrected chi connectivity index (χ1v) is 0. The van der Waals surface area contributed by atoms with E-state index >= 15 is 0 Å². The van der Waals surface area contributed by atoms with Gasteiger partial charge < -0.3 is 0 Å². The molecule has 0 aromatic rings. The van der Waals surface area contributed by atoms with Crippen LogP contribution in [0.5, 0.6) is 0 Å². The molecule has 38 valence electrons. The first-order chi connectivity index (χ1) is 0. The Morgan fingerprint density at radius 1 is 1.00 bits per heavy atom. The summed E-state index contributed by atoms with van der Waals surface area (Å²) in [5.41, 5.74) is 0. The molecule has 0 spiro atoms. The maximum Gasteiger partial charge on any atom is 0 e. The van der Waals surface area contributed by atoms with Gasteiger partial charge in [0, 0.05) is 159 Å². The zero-order chi connectivity index (χ0) is 0. The average molecular weight is 287 g/mol. The molecule has 0 heterocycles. The molecule has 0 fully saturated rings. The maximum atomic E-state index is 0. The van der Waals surface area contributed by atoms with Crippen LogP contribution in [0.25, 0.3) is 0 Å². The summed E-state index contributed by atoms with van der Waals surface area (Å²) in [4.78, 5) is 0. The average Bonchev–Trinajstić information content (AvgIpc) is 0. The molecule has 0 aromatic heterocycles. The van der Waals surface area contributed by atoms with Crippen molar-refractivity contribution in [2.45, 2.75) is 0 Å². The quantitative estimate of drug-likeness (QED) is 0.399. The summed E-state index contributed by atoms with van der Waals surface area (Å²) in [5.74, 6) is 0. The summed E-state index contributed by atoms with van der Waals surface area (Å²) in [6, 6.07) is 0. The van der Waals surface area contributed by atoms with Gasteiger partial charge in [-0.05, 0) is 0 Å². The Bertz CT molecular complexity index is 24.0. The molecular formula is H6CaClFeKMgNaPS. The molecule has 1 atom stereocenters. The molecule has 1 unspecified atom stereocenters. The minimum Gasteiger partial charge on any atom is -0.197 e. The van der Waals surface area contributed by atoms with E-state index in [1.54, 1.807) is 0 Å². The van der Waals surface area contributed by atoms with Crippen LogP contribution in [0.1, 0.15) is 0 Å². The van der Waals surface area contributed by atoms with E-state index in [1.165, 1.54) is 0 Å². The second kappa shape index (κ2) is 50.9. The van der Waals surface area contributed by atoms with Crippen LogP contribution in [0.2, 0.25) is 0 Å². The van der Waals surface area contributed by atoms with Crippen molar-refractivity contribution < 1.29 is 17.1 Å². The zero-order valence-corrected chi connectivity index (χ0v) is 18.5. The van der Waals surface area contributed by atoms with Crippen LogP contribution in [0.3, 0.4) is 0 Å². The summed E-state index contributed by atoms with van der Waals surface area (Å²) in [6.07, 6.45) is 0. The predicted octanol–water partition coefficient (Wildman–Crippen LogP) is -0.933. The van der Waals surface area contributed by atoms with Crippen molar-refractivity contribution in [3.05, 3.63) is 0 Å². The number of hydrogen-bond donors (Lipinski definition) is 0. The smallest absolute Gasteiger partial charge is 0 e. The molecule has 0 N–H and O–H groups in total. The van der Waals surface area contributed by atoms with Crippen molar-refractivity contribution in [3.8, 4) is 0 Å². The number of halogens is 1. The van der Waals surface area contributed by atoms with Gasteiger partial charge in [0.05, 0.1) is 0 Å². The van der Waals surface area contributed by atoms with Gasteiger partial charge in [0.25, 0.3) is 0 Å². The molecule has 8 heteroatoms. The van der Waals surface area contributed by atoms with Gasteiger partial charge in [0.15, 0.2) is 0 Å². The van der Waals surface area contributed by atoms with Crippen molar-refractivity contribution in [2.75, 3.05) is 0 Å². The molecule has 0 nitrogen and oxygen atoms in total. The molecule has 0 saturated heterocycles. The molecule has 0 rings (SSSR count). The standard InChI is InChI=1S/Ca.ClH.Fe.K.Mg.Na.H3P.H2S/h;1H;;;;;1H3;1H2. The number of hydrogen-bond acceptors (Lipinski definition) is 0. The Morgan fingerprint density at radius 2 is 1.00 bits per heavy atom. The largest absolute Gasteiger partial charge is 0.197 e. The van der Waals surface area contributed by atoms with E-state index in [2.05, 4.69) is 0 Å². The second-order valence-corrected chi connectivity index (χ2v) is 0. The topological polar surface area (TPSA) is 0 Å². The van der Waals surface area contributed by atoms with Crippen LogP contribution in [0.15, 0.2) is 0 Å². The Labute approximate surface area is 189 Å². The van der Waals surface area contributed by atoms with E-state index in [4.69, 9.17) is 0 Å². The third-order valence-electron chi connectivity index (χ3n) is 0. The van der Waals surface area contributed by atoms with Crippen molar-refractivity contribution in [1.82, 2.24) is 0 Å². The molecular weight excluding hydrogens is 281 g/mol. The van der Waals surface area contributed by atoms with E-state index in [-0.39, 0.29) is 195 Å². The summed E-state index contributed by atoms with van der Waals surface area (Å²) < 4.78 is 0. The van der Waals surface area contributed by atoms with E-state index in [9.17, 15) is 0 Å². The van der Waals surface area contributed by atoms with Crippen molar-refractivity contribution in [3.63, 3.8) is 0 Å². The second-order valence-electron chi connectivity index (χ2n) is 0. The van der Waals surface area contributed by atoms with Gasteiger partial charge >= 0.3 is 0 Å². The molecule has 0 aliphatic rings. The molecule has 6 radical (unpaired) electrons. The maximum absolute atomic E-state index is 0. The minimum absolute atomic E-state index is 0. The Kier molecular flexibility index (Phi) is 407. The zero-order valence-electron chi connectivity index (χ0n) is 5.38. The van der Waals surface area contributed by atoms with Crippen LogP contribution in [-0.2, 0) is 17.1 Å². The molecule has 0 aliphatic carbocycles. The molecule has 0 amide bonds. The van der Waals surface area contributed by atoms with Crippen molar-refractivity contribution in [1.29, 1.82) is 0 Å². The first-order valence-electron chi connectivity index (χ1n) is 0. The van der Waals surface area contributed by atoms with Gasteiger partial charge in [-0.1, -0.05) is 0 Å². The fourth-order valence-corrected chi connectivity index (χ4v) is 0. The fourth-order valence-electron chi connectivity index (χ4n) is 0. The van der Waals surface area contributed by atoms with Gasteiger partial charge in [-0.2, -0.15) is 23.4 Å². The van der Waals surface area contributed by atoms with Crippen molar-refractivity contribution in [2.24, 2.45) is 0 Å². The molecule has 0 aliphatic heterocycles. The Balaban J connectivity index is 0. The minimum atomic E-state index is 0. The van der Waals surface area contributed by atoms with E-state index in [0.717, 1.165) is 0 Å². The third-order valence-corrected chi connectivity index (χ3v) is 0. The van der Waals surface area contributed by atoms with Crippen LogP contribution in [0.4, 0.5) is 0 Å². The Hall–Kier alpha value is 6.25. The summed E-state index contributed by atoms with van der Waals surface area (Å²) in [6.45, 7) is 0. The predicted molar refractivity (Wildman–Crippen MR) is 51.8 cm³/mol. The summed E-state index contributed by atoms with van der Waals surface area (Å²) in [5, 5.41) is 0. The molecule has 0 aromatic carbocycles. The first kappa shape index (κ1) is 64.0. The Morgan fingerprint density at radius 3 is 1.00 bits per heavy atom. The van der Waals surface area contributed by atoms with Gasteiger partial charge in [0.2, 0.25) is 0 Å². The van der Waals surface area contributed by atoms with Crippen LogP contribution in [-0.4, -0.2) is 142 Å². The fraction of sp³-hybridized carbons (Fsp3) is 0. The molecule has 0 saturated carbocycles. The van der Waals surface area contributed by atoms with E-state index in [1.807, 2.05) is 0 Å². The van der Waals surface area contributed by atoms with Gasteiger partial charge in [0.1, 0.15) is 0 Å². The summed E-state index contributed by atoms with van der Waals surface area (Å²) >= 11 is 0. The van der Waals surface area contributed by atoms with Crippen LogP contribution < -0.4 is 0 Å². The molecule has 0 bridgehead atoms. The van der Waals surface area contributed by atoms with Crippen LogP contribution in [0, 0.1) is 0 Å². The van der Waals surface area contributed by atoms with E-state index in [0.29, 0.717) is 0 Å². The molecule has 8 heavy (non-hydrogen) atoms.